The van der Waals surface area contributed by atoms with Crippen LogP contribution in [-0.4, -0.2) is 15.0 Å². The molecule has 0 radical (unpaired) electrons. The van der Waals surface area contributed by atoms with Crippen molar-refractivity contribution < 1.29 is 4.39 Å². The van der Waals surface area contributed by atoms with E-state index in [1.165, 1.54) is 23.9 Å². The smallest absolute Gasteiger partial charge is 0.190 e. The summed E-state index contributed by atoms with van der Waals surface area (Å²) in [6.07, 6.45) is 1.77. The average Bonchev–Trinajstić information content (AvgIpc) is 2.68. The van der Waals surface area contributed by atoms with Crippen LogP contribution in [0.15, 0.2) is 78.1 Å². The van der Waals surface area contributed by atoms with Crippen LogP contribution in [0.5, 0.6) is 0 Å². The molecule has 0 aliphatic carbocycles. The van der Waals surface area contributed by atoms with Crippen molar-refractivity contribution in [3.8, 4) is 0 Å². The van der Waals surface area contributed by atoms with Gasteiger partial charge in [0.2, 0.25) is 0 Å². The number of fused-ring (bicyclic) bond motifs is 1. The Hall–Kier alpha value is -2.99. The van der Waals surface area contributed by atoms with Gasteiger partial charge in [-0.15, -0.1) is 0 Å². The number of pyridine rings is 1. The molecular formula is C20H15FN4S. The summed E-state index contributed by atoms with van der Waals surface area (Å²) in [5, 5.41) is 4.53. The number of para-hydroxylation sites is 1. The lowest BCUT2D eigenvalue weighted by atomic mass is 10.2. The number of thioether (sulfide) groups is 1. The van der Waals surface area contributed by atoms with Gasteiger partial charge in [-0.2, -0.15) is 0 Å². The first-order valence-electron chi connectivity index (χ1n) is 8.10. The molecule has 26 heavy (non-hydrogen) atoms. The quantitative estimate of drug-likeness (QED) is 0.391. The molecule has 0 saturated heterocycles. The highest BCUT2D eigenvalue weighted by molar-refractivity contribution is 7.98. The highest BCUT2D eigenvalue weighted by Gasteiger charge is 2.10. The molecule has 0 saturated carbocycles. The predicted molar refractivity (Wildman–Crippen MR) is 103 cm³/mol. The van der Waals surface area contributed by atoms with Crippen LogP contribution in [0, 0.1) is 5.82 Å². The summed E-state index contributed by atoms with van der Waals surface area (Å²) in [4.78, 5) is 13.5. The molecule has 0 aliphatic rings. The van der Waals surface area contributed by atoms with Crippen LogP contribution in [0.4, 0.5) is 15.9 Å². The lowest BCUT2D eigenvalue weighted by Crippen LogP contribution is -1.99. The maximum Gasteiger partial charge on any atom is 0.190 e. The second-order valence-corrected chi connectivity index (χ2v) is 6.56. The molecule has 0 bridgehead atoms. The monoisotopic (exact) mass is 362 g/mol. The number of benzene rings is 2. The summed E-state index contributed by atoms with van der Waals surface area (Å²) in [6, 6.07) is 20.0. The fourth-order valence-corrected chi connectivity index (χ4v) is 3.29. The number of nitrogens with one attached hydrogen (secondary N) is 1. The van der Waals surface area contributed by atoms with Crippen molar-refractivity contribution in [3.05, 3.63) is 84.4 Å². The van der Waals surface area contributed by atoms with Gasteiger partial charge in [0.15, 0.2) is 5.16 Å². The third-order valence-corrected chi connectivity index (χ3v) is 4.63. The van der Waals surface area contributed by atoms with Gasteiger partial charge in [-0.25, -0.2) is 14.4 Å². The van der Waals surface area contributed by atoms with Gasteiger partial charge in [-0.1, -0.05) is 36.0 Å². The third kappa shape index (κ3) is 3.81. The van der Waals surface area contributed by atoms with Gasteiger partial charge in [0.1, 0.15) is 11.6 Å². The Kier molecular flexibility index (Phi) is 4.75. The second kappa shape index (κ2) is 7.49. The minimum Gasteiger partial charge on any atom is -0.340 e. The minimum absolute atomic E-state index is 0.314. The minimum atomic E-state index is -0.314. The first-order chi connectivity index (χ1) is 12.8. The van der Waals surface area contributed by atoms with Crippen molar-refractivity contribution in [1.82, 2.24) is 15.0 Å². The van der Waals surface area contributed by atoms with Crippen LogP contribution >= 0.6 is 11.8 Å². The maximum absolute atomic E-state index is 13.7. The first kappa shape index (κ1) is 16.5. The number of hydrogen-bond donors (Lipinski definition) is 1. The van der Waals surface area contributed by atoms with E-state index >= 15 is 0 Å². The molecule has 0 atom stereocenters. The van der Waals surface area contributed by atoms with Gasteiger partial charge in [-0.3, -0.25) is 4.98 Å². The molecule has 4 rings (SSSR count). The van der Waals surface area contributed by atoms with E-state index < -0.39 is 0 Å². The molecule has 1 N–H and O–H groups in total. The Labute approximate surface area is 154 Å². The highest BCUT2D eigenvalue weighted by Crippen LogP contribution is 2.28. The lowest BCUT2D eigenvalue weighted by Gasteiger charge is -2.11. The van der Waals surface area contributed by atoms with Crippen LogP contribution in [0.25, 0.3) is 10.9 Å². The van der Waals surface area contributed by atoms with Crippen molar-refractivity contribution >= 4 is 34.2 Å². The molecule has 4 nitrogen and oxygen atoms in total. The van der Waals surface area contributed by atoms with Crippen molar-refractivity contribution in [2.75, 3.05) is 5.32 Å². The van der Waals surface area contributed by atoms with E-state index in [0.717, 1.165) is 11.4 Å². The number of nitrogens with zero attached hydrogens (tertiary/aromatic N) is 3. The van der Waals surface area contributed by atoms with Crippen LogP contribution < -0.4 is 5.32 Å². The Bertz CT molecular complexity index is 1030. The number of rotatable bonds is 5. The summed E-state index contributed by atoms with van der Waals surface area (Å²) in [6.45, 7) is 0. The molecule has 0 amide bonds. The van der Waals surface area contributed by atoms with Crippen molar-refractivity contribution in [1.29, 1.82) is 0 Å². The van der Waals surface area contributed by atoms with Gasteiger partial charge < -0.3 is 5.32 Å². The Morgan fingerprint density at radius 2 is 1.77 bits per heavy atom. The summed E-state index contributed by atoms with van der Waals surface area (Å²) in [7, 11) is 0. The van der Waals surface area contributed by atoms with Crippen LogP contribution in [0.2, 0.25) is 0 Å². The molecule has 0 aliphatic heterocycles. The van der Waals surface area contributed by atoms with E-state index in [-0.39, 0.29) is 5.82 Å². The topological polar surface area (TPSA) is 50.7 Å². The summed E-state index contributed by atoms with van der Waals surface area (Å²) in [5.41, 5.74) is 2.54. The highest BCUT2D eigenvalue weighted by atomic mass is 32.2. The number of aromatic nitrogens is 3. The van der Waals surface area contributed by atoms with E-state index in [1.54, 1.807) is 12.3 Å². The van der Waals surface area contributed by atoms with E-state index in [9.17, 15) is 4.39 Å². The predicted octanol–water partition coefficient (Wildman–Crippen LogP) is 5.20. The SMILES string of the molecule is Fc1ccc2nc(SCc3ccccn3)nc(Nc3ccccc3)c2c1. The van der Waals surface area contributed by atoms with Gasteiger partial charge >= 0.3 is 0 Å². The molecule has 0 unspecified atom stereocenters. The fraction of sp³-hybridized carbons (Fsp3) is 0.0500. The van der Waals surface area contributed by atoms with Gasteiger partial charge in [0.25, 0.3) is 0 Å². The molecular weight excluding hydrogens is 347 g/mol. The zero-order chi connectivity index (χ0) is 17.8. The Morgan fingerprint density at radius 1 is 0.923 bits per heavy atom. The number of halogens is 1. The Balaban J connectivity index is 1.69. The molecule has 4 aromatic rings. The molecule has 2 aromatic heterocycles. The fourth-order valence-electron chi connectivity index (χ4n) is 2.52. The second-order valence-electron chi connectivity index (χ2n) is 5.62. The van der Waals surface area contributed by atoms with E-state index in [4.69, 9.17) is 0 Å². The van der Waals surface area contributed by atoms with Crippen LogP contribution in [-0.2, 0) is 5.75 Å². The molecule has 2 heterocycles. The molecule has 128 valence electrons. The largest absolute Gasteiger partial charge is 0.340 e. The zero-order valence-electron chi connectivity index (χ0n) is 13.8. The van der Waals surface area contributed by atoms with Gasteiger partial charge in [0, 0.05) is 23.0 Å². The van der Waals surface area contributed by atoms with Gasteiger partial charge in [0.05, 0.1) is 11.2 Å². The Morgan fingerprint density at radius 3 is 2.58 bits per heavy atom. The van der Waals surface area contributed by atoms with E-state index in [1.807, 2.05) is 48.5 Å². The standard InChI is InChI=1S/C20H15FN4S/c21-14-9-10-18-17(12-14)19(23-15-6-2-1-3-7-15)25-20(24-18)26-13-16-8-4-5-11-22-16/h1-12H,13H2,(H,23,24,25). The summed E-state index contributed by atoms with van der Waals surface area (Å²) >= 11 is 1.50. The summed E-state index contributed by atoms with van der Waals surface area (Å²) < 4.78 is 13.7. The van der Waals surface area contributed by atoms with Crippen molar-refractivity contribution in [2.24, 2.45) is 0 Å². The number of anilines is 2. The lowest BCUT2D eigenvalue weighted by molar-refractivity contribution is 0.629. The van der Waals surface area contributed by atoms with Crippen molar-refractivity contribution in [3.63, 3.8) is 0 Å². The van der Waals surface area contributed by atoms with Crippen LogP contribution in [0.3, 0.4) is 0 Å². The van der Waals surface area contributed by atoms with Crippen molar-refractivity contribution in [2.45, 2.75) is 10.9 Å². The molecule has 0 fully saturated rings. The van der Waals surface area contributed by atoms with E-state index in [0.29, 0.717) is 27.6 Å². The van der Waals surface area contributed by atoms with Crippen LogP contribution in [0.1, 0.15) is 5.69 Å². The maximum atomic E-state index is 13.7. The first-order valence-corrected chi connectivity index (χ1v) is 9.08. The molecule has 6 heteroatoms. The summed E-state index contributed by atoms with van der Waals surface area (Å²) in [5.74, 6) is 0.938. The average molecular weight is 362 g/mol. The molecule has 2 aromatic carbocycles. The third-order valence-electron chi connectivity index (χ3n) is 3.75. The number of hydrogen-bond acceptors (Lipinski definition) is 5. The van der Waals surface area contributed by atoms with E-state index in [2.05, 4.69) is 20.3 Å². The zero-order valence-corrected chi connectivity index (χ0v) is 14.6. The molecule has 0 spiro atoms. The van der Waals surface area contributed by atoms with Gasteiger partial charge in [-0.05, 0) is 42.5 Å². The normalized spacial score (nSPS) is 10.8.